The molecule has 0 aliphatic heterocycles. The topological polar surface area (TPSA) is 69.2 Å². The third-order valence-corrected chi connectivity index (χ3v) is 11.6. The molecular formula is C18H32N2O3SSi. The monoisotopic (exact) mass is 384 g/mol. The molecule has 0 saturated heterocycles. The van der Waals surface area contributed by atoms with Crippen molar-refractivity contribution in [3.05, 3.63) is 31.1 Å². The van der Waals surface area contributed by atoms with Crippen molar-refractivity contribution in [2.24, 2.45) is 5.92 Å². The molecule has 0 aliphatic carbocycles. The van der Waals surface area contributed by atoms with E-state index in [4.69, 9.17) is 4.43 Å². The normalized spacial score (nSPS) is 15.6. The van der Waals surface area contributed by atoms with Crippen LogP contribution < -0.4 is 0 Å². The van der Waals surface area contributed by atoms with Crippen molar-refractivity contribution in [2.75, 3.05) is 6.61 Å². The number of hydrogen-bond acceptors (Lipinski definition) is 5. The molecule has 5 nitrogen and oxygen atoms in total. The van der Waals surface area contributed by atoms with Gasteiger partial charge in [-0.25, -0.2) is 18.4 Å². The van der Waals surface area contributed by atoms with E-state index >= 15 is 0 Å². The molecule has 7 heteroatoms. The first-order valence-corrected chi connectivity index (χ1v) is 13.1. The molecule has 25 heavy (non-hydrogen) atoms. The zero-order chi connectivity index (χ0) is 19.3. The highest BCUT2D eigenvalue weighted by Gasteiger charge is 2.37. The Kier molecular flexibility index (Phi) is 7.52. The number of aromatic nitrogens is 2. The SMILES string of the molecule is C=CC(CCO[Si](C)(C)C(C)(C)C)CC(C)S(=O)(=O)c1ncccn1. The molecule has 2 atom stereocenters. The van der Waals surface area contributed by atoms with Crippen LogP contribution in [0.3, 0.4) is 0 Å². The van der Waals surface area contributed by atoms with Crippen LogP contribution >= 0.6 is 0 Å². The van der Waals surface area contributed by atoms with Crippen LogP contribution in [0, 0.1) is 5.92 Å². The van der Waals surface area contributed by atoms with E-state index in [1.807, 2.05) is 6.08 Å². The fraction of sp³-hybridized carbons (Fsp3) is 0.667. The minimum Gasteiger partial charge on any atom is -0.417 e. The smallest absolute Gasteiger partial charge is 0.247 e. The predicted molar refractivity (Wildman–Crippen MR) is 105 cm³/mol. The van der Waals surface area contributed by atoms with Crippen molar-refractivity contribution < 1.29 is 12.8 Å². The van der Waals surface area contributed by atoms with Gasteiger partial charge in [-0.1, -0.05) is 26.8 Å². The van der Waals surface area contributed by atoms with Gasteiger partial charge in [0.25, 0.3) is 0 Å². The molecule has 0 bridgehead atoms. The van der Waals surface area contributed by atoms with Gasteiger partial charge >= 0.3 is 0 Å². The van der Waals surface area contributed by atoms with Crippen molar-refractivity contribution >= 4 is 18.2 Å². The van der Waals surface area contributed by atoms with Crippen LogP contribution in [0.5, 0.6) is 0 Å². The van der Waals surface area contributed by atoms with Gasteiger partial charge in [-0.2, -0.15) is 0 Å². The summed E-state index contributed by atoms with van der Waals surface area (Å²) in [4.78, 5) is 7.76. The summed E-state index contributed by atoms with van der Waals surface area (Å²) in [7, 11) is -5.31. The van der Waals surface area contributed by atoms with Crippen molar-refractivity contribution in [3.63, 3.8) is 0 Å². The second kappa shape index (κ2) is 8.55. The highest BCUT2D eigenvalue weighted by atomic mass is 32.2. The molecule has 1 rings (SSSR count). The molecule has 1 aromatic heterocycles. The Labute approximate surface area is 154 Å². The maximum absolute atomic E-state index is 12.6. The van der Waals surface area contributed by atoms with E-state index in [0.29, 0.717) is 13.0 Å². The Morgan fingerprint density at radius 1 is 1.28 bits per heavy atom. The minimum atomic E-state index is -3.52. The Morgan fingerprint density at radius 3 is 2.32 bits per heavy atom. The molecule has 0 aliphatic rings. The lowest BCUT2D eigenvalue weighted by Gasteiger charge is -2.36. The molecule has 0 N–H and O–H groups in total. The summed E-state index contributed by atoms with van der Waals surface area (Å²) >= 11 is 0. The molecule has 2 unspecified atom stereocenters. The van der Waals surface area contributed by atoms with Crippen LogP contribution in [-0.4, -0.2) is 38.6 Å². The summed E-state index contributed by atoms with van der Waals surface area (Å²) in [5.41, 5.74) is 0. The summed E-state index contributed by atoms with van der Waals surface area (Å²) in [6, 6.07) is 1.61. The minimum absolute atomic E-state index is 0.0817. The van der Waals surface area contributed by atoms with Crippen molar-refractivity contribution in [1.82, 2.24) is 9.97 Å². The molecule has 142 valence electrons. The van der Waals surface area contributed by atoms with Crippen LogP contribution in [0.15, 0.2) is 36.3 Å². The van der Waals surface area contributed by atoms with E-state index in [1.54, 1.807) is 13.0 Å². The fourth-order valence-electron chi connectivity index (χ4n) is 2.18. The van der Waals surface area contributed by atoms with Gasteiger partial charge in [-0.15, -0.1) is 6.58 Å². The highest BCUT2D eigenvalue weighted by Crippen LogP contribution is 2.36. The summed E-state index contributed by atoms with van der Waals surface area (Å²) in [6.45, 7) is 17.3. The lowest BCUT2D eigenvalue weighted by molar-refractivity contribution is 0.263. The average Bonchev–Trinajstić information content (AvgIpc) is 2.53. The second-order valence-electron chi connectivity index (χ2n) is 8.02. The van der Waals surface area contributed by atoms with E-state index in [1.165, 1.54) is 12.4 Å². The van der Waals surface area contributed by atoms with Crippen LogP contribution in [0.4, 0.5) is 0 Å². The van der Waals surface area contributed by atoms with Gasteiger partial charge in [0.2, 0.25) is 15.0 Å². The summed E-state index contributed by atoms with van der Waals surface area (Å²) < 4.78 is 31.3. The molecule has 1 aromatic rings. The van der Waals surface area contributed by atoms with E-state index in [2.05, 4.69) is 50.4 Å². The van der Waals surface area contributed by atoms with Crippen molar-refractivity contribution in [2.45, 2.75) is 69.1 Å². The molecule has 0 aromatic carbocycles. The Morgan fingerprint density at radius 2 is 1.84 bits per heavy atom. The summed E-state index contributed by atoms with van der Waals surface area (Å²) in [5.74, 6) is 0.0817. The van der Waals surface area contributed by atoms with Crippen molar-refractivity contribution in [1.29, 1.82) is 0 Å². The van der Waals surface area contributed by atoms with Gasteiger partial charge in [0.1, 0.15) is 0 Å². The van der Waals surface area contributed by atoms with E-state index in [9.17, 15) is 8.42 Å². The van der Waals surface area contributed by atoms with Crippen molar-refractivity contribution in [3.8, 4) is 0 Å². The van der Waals surface area contributed by atoms with Crippen LogP contribution in [0.25, 0.3) is 0 Å². The summed E-state index contributed by atoms with van der Waals surface area (Å²) in [5, 5.41) is -0.508. The maximum atomic E-state index is 12.6. The lowest BCUT2D eigenvalue weighted by atomic mass is 10.0. The number of allylic oxidation sites excluding steroid dienone is 1. The van der Waals surface area contributed by atoms with Crippen LogP contribution in [0.1, 0.15) is 40.5 Å². The number of rotatable bonds is 9. The van der Waals surface area contributed by atoms with Gasteiger partial charge in [0.15, 0.2) is 8.32 Å². The highest BCUT2D eigenvalue weighted by molar-refractivity contribution is 7.91. The quantitative estimate of drug-likeness (QED) is 0.362. The zero-order valence-corrected chi connectivity index (χ0v) is 18.1. The first-order chi connectivity index (χ1) is 11.4. The third-order valence-electron chi connectivity index (χ3n) is 5.05. The molecule has 0 amide bonds. The fourth-order valence-corrected chi connectivity index (χ4v) is 4.52. The molecule has 0 spiro atoms. The first kappa shape index (κ1) is 22.0. The van der Waals surface area contributed by atoms with Crippen LogP contribution in [-0.2, 0) is 14.3 Å². The third kappa shape index (κ3) is 6.01. The Hall–Kier alpha value is -1.05. The number of nitrogens with zero attached hydrogens (tertiary/aromatic N) is 2. The van der Waals surface area contributed by atoms with Gasteiger partial charge in [-0.3, -0.25) is 0 Å². The van der Waals surface area contributed by atoms with E-state index < -0.39 is 23.4 Å². The Balaban J connectivity index is 2.66. The number of hydrogen-bond donors (Lipinski definition) is 0. The predicted octanol–water partition coefficient (Wildman–Crippen LogP) is 4.24. The van der Waals surface area contributed by atoms with Gasteiger partial charge in [0.05, 0.1) is 5.25 Å². The lowest BCUT2D eigenvalue weighted by Crippen LogP contribution is -2.41. The average molecular weight is 385 g/mol. The van der Waals surface area contributed by atoms with E-state index in [0.717, 1.165) is 6.42 Å². The molecular weight excluding hydrogens is 352 g/mol. The number of sulfone groups is 1. The van der Waals surface area contributed by atoms with Gasteiger partial charge in [0, 0.05) is 19.0 Å². The first-order valence-electron chi connectivity index (χ1n) is 8.69. The molecule has 0 saturated carbocycles. The largest absolute Gasteiger partial charge is 0.417 e. The van der Waals surface area contributed by atoms with Crippen LogP contribution in [0.2, 0.25) is 18.1 Å². The van der Waals surface area contributed by atoms with E-state index in [-0.39, 0.29) is 16.1 Å². The maximum Gasteiger partial charge on any atom is 0.247 e. The molecule has 1 heterocycles. The Bertz CT molecular complexity index is 655. The standard InChI is InChI=1S/C18H32N2O3SSi/c1-8-16(10-13-23-25(6,7)18(3,4)5)14-15(2)24(21,22)17-19-11-9-12-20-17/h8-9,11-12,15-16H,1,10,13-14H2,2-7H3. The second-order valence-corrected chi connectivity index (χ2v) is 15.1. The zero-order valence-electron chi connectivity index (χ0n) is 16.3. The van der Waals surface area contributed by atoms with Gasteiger partial charge < -0.3 is 4.43 Å². The molecule has 0 radical (unpaired) electrons. The summed E-state index contributed by atoms with van der Waals surface area (Å²) in [6.07, 6.45) is 5.98. The molecule has 0 fully saturated rings. The van der Waals surface area contributed by atoms with Gasteiger partial charge in [-0.05, 0) is 49.9 Å².